The molecule has 2 amide bonds. The molecule has 0 saturated heterocycles. The van der Waals surface area contributed by atoms with Crippen LogP contribution in [0.5, 0.6) is 5.75 Å². The molecular weight excluding hydrogens is 440 g/mol. The first-order valence-electron chi connectivity index (χ1n) is 11.4. The molecule has 0 saturated carbocycles. The van der Waals surface area contributed by atoms with Crippen molar-refractivity contribution in [1.82, 2.24) is 9.78 Å². The van der Waals surface area contributed by atoms with Gasteiger partial charge in [-0.3, -0.25) is 9.59 Å². The Morgan fingerprint density at radius 1 is 0.914 bits per heavy atom. The summed E-state index contributed by atoms with van der Waals surface area (Å²) in [5, 5.41) is 10.4. The van der Waals surface area contributed by atoms with E-state index in [4.69, 9.17) is 4.74 Å². The van der Waals surface area contributed by atoms with Gasteiger partial charge in [0, 0.05) is 22.9 Å². The van der Waals surface area contributed by atoms with Gasteiger partial charge in [0.05, 0.1) is 18.5 Å². The Labute approximate surface area is 204 Å². The van der Waals surface area contributed by atoms with Crippen LogP contribution < -0.4 is 15.4 Å². The van der Waals surface area contributed by atoms with E-state index >= 15 is 0 Å². The van der Waals surface area contributed by atoms with Gasteiger partial charge < -0.3 is 15.4 Å². The molecule has 178 valence electrons. The number of aromatic nitrogens is 2. The predicted molar refractivity (Wildman–Crippen MR) is 138 cm³/mol. The van der Waals surface area contributed by atoms with Gasteiger partial charge in [0.2, 0.25) is 5.91 Å². The third kappa shape index (κ3) is 5.41. The number of anilines is 2. The van der Waals surface area contributed by atoms with Crippen molar-refractivity contribution < 1.29 is 14.3 Å². The SMILES string of the molecule is COc1ccc(-c2cc(C(=O)Nc3cc(NC(=O)C(C)C)ccc3C)nn2-c2ccccc2)cc1. The number of hydrogen-bond acceptors (Lipinski definition) is 4. The fourth-order valence-corrected chi connectivity index (χ4v) is 3.53. The second-order valence-corrected chi connectivity index (χ2v) is 8.52. The standard InChI is InChI=1S/C28H28N4O3/c1-18(2)27(33)29-21-13-10-19(3)24(16-21)30-28(34)25-17-26(20-11-14-23(35-4)15-12-20)32(31-25)22-8-6-5-7-9-22/h5-18H,1-4H3,(H,29,33)(H,30,34). The third-order valence-corrected chi connectivity index (χ3v) is 5.61. The maximum absolute atomic E-state index is 13.2. The Morgan fingerprint density at radius 3 is 2.29 bits per heavy atom. The number of para-hydroxylation sites is 1. The van der Waals surface area contributed by atoms with Gasteiger partial charge in [-0.2, -0.15) is 5.10 Å². The van der Waals surface area contributed by atoms with E-state index in [0.29, 0.717) is 11.4 Å². The van der Waals surface area contributed by atoms with E-state index in [-0.39, 0.29) is 23.4 Å². The Bertz CT molecular complexity index is 1340. The highest BCUT2D eigenvalue weighted by Gasteiger charge is 2.18. The molecule has 0 unspecified atom stereocenters. The predicted octanol–water partition coefficient (Wildman–Crippen LogP) is 5.70. The number of rotatable bonds is 7. The van der Waals surface area contributed by atoms with Crippen LogP contribution in [0.4, 0.5) is 11.4 Å². The smallest absolute Gasteiger partial charge is 0.276 e. The highest BCUT2D eigenvalue weighted by Crippen LogP contribution is 2.27. The fraction of sp³-hybridized carbons (Fsp3) is 0.179. The zero-order valence-corrected chi connectivity index (χ0v) is 20.2. The lowest BCUT2D eigenvalue weighted by Crippen LogP contribution is -2.18. The summed E-state index contributed by atoms with van der Waals surface area (Å²) < 4.78 is 7.03. The molecule has 0 atom stereocenters. The highest BCUT2D eigenvalue weighted by molar-refractivity contribution is 6.04. The fourth-order valence-electron chi connectivity index (χ4n) is 3.53. The van der Waals surface area contributed by atoms with Crippen molar-refractivity contribution >= 4 is 23.2 Å². The first-order chi connectivity index (χ1) is 16.9. The molecule has 0 radical (unpaired) electrons. The van der Waals surface area contributed by atoms with Crippen LogP contribution in [0.2, 0.25) is 0 Å². The Kier molecular flexibility index (Phi) is 6.96. The number of nitrogens with zero attached hydrogens (tertiary/aromatic N) is 2. The van der Waals surface area contributed by atoms with Crippen LogP contribution in [0.15, 0.2) is 78.9 Å². The molecule has 0 aliphatic carbocycles. The molecule has 4 rings (SSSR count). The zero-order valence-electron chi connectivity index (χ0n) is 20.2. The van der Waals surface area contributed by atoms with Gasteiger partial charge in [0.1, 0.15) is 5.75 Å². The van der Waals surface area contributed by atoms with E-state index in [2.05, 4.69) is 15.7 Å². The van der Waals surface area contributed by atoms with Crippen LogP contribution in [0.1, 0.15) is 29.9 Å². The number of ether oxygens (including phenoxy) is 1. The molecule has 0 aliphatic heterocycles. The lowest BCUT2D eigenvalue weighted by Gasteiger charge is -2.12. The monoisotopic (exact) mass is 468 g/mol. The average molecular weight is 469 g/mol. The van der Waals surface area contributed by atoms with Gasteiger partial charge in [0.15, 0.2) is 5.69 Å². The van der Waals surface area contributed by atoms with Crippen LogP contribution in [0.3, 0.4) is 0 Å². The van der Waals surface area contributed by atoms with Gasteiger partial charge in [-0.1, -0.05) is 38.1 Å². The highest BCUT2D eigenvalue weighted by atomic mass is 16.5. The number of benzene rings is 3. The molecule has 0 fully saturated rings. The summed E-state index contributed by atoms with van der Waals surface area (Å²) in [6.07, 6.45) is 0. The van der Waals surface area contributed by atoms with E-state index in [1.807, 2.05) is 87.5 Å². The first kappa shape index (κ1) is 23.8. The Hall–Kier alpha value is -4.39. The van der Waals surface area contributed by atoms with Gasteiger partial charge in [-0.05, 0) is 67.1 Å². The minimum Gasteiger partial charge on any atom is -0.497 e. The van der Waals surface area contributed by atoms with Gasteiger partial charge in [0.25, 0.3) is 5.91 Å². The quantitative estimate of drug-likeness (QED) is 0.364. The maximum Gasteiger partial charge on any atom is 0.276 e. The van der Waals surface area contributed by atoms with E-state index < -0.39 is 0 Å². The van der Waals surface area contributed by atoms with Crippen LogP contribution in [-0.2, 0) is 4.79 Å². The topological polar surface area (TPSA) is 85.2 Å². The van der Waals surface area contributed by atoms with Crippen LogP contribution in [0.25, 0.3) is 16.9 Å². The van der Waals surface area contributed by atoms with Crippen molar-refractivity contribution in [2.45, 2.75) is 20.8 Å². The summed E-state index contributed by atoms with van der Waals surface area (Å²) >= 11 is 0. The van der Waals surface area contributed by atoms with Crippen molar-refractivity contribution in [1.29, 1.82) is 0 Å². The number of nitrogens with one attached hydrogen (secondary N) is 2. The van der Waals surface area contributed by atoms with E-state index in [9.17, 15) is 9.59 Å². The molecule has 3 aromatic carbocycles. The van der Waals surface area contributed by atoms with Crippen LogP contribution in [0, 0.1) is 12.8 Å². The number of hydrogen-bond donors (Lipinski definition) is 2. The van der Waals surface area contributed by atoms with Crippen molar-refractivity contribution in [3.8, 4) is 22.7 Å². The van der Waals surface area contributed by atoms with Gasteiger partial charge in [-0.15, -0.1) is 0 Å². The summed E-state index contributed by atoms with van der Waals surface area (Å²) in [4.78, 5) is 25.3. The summed E-state index contributed by atoms with van der Waals surface area (Å²) in [6.45, 7) is 5.56. The van der Waals surface area contributed by atoms with Gasteiger partial charge in [-0.25, -0.2) is 4.68 Å². The maximum atomic E-state index is 13.2. The number of aryl methyl sites for hydroxylation is 1. The molecule has 4 aromatic rings. The van der Waals surface area contributed by atoms with E-state index in [0.717, 1.165) is 28.3 Å². The minimum atomic E-state index is -0.343. The molecule has 0 spiro atoms. The normalized spacial score (nSPS) is 10.8. The Morgan fingerprint density at radius 2 is 1.63 bits per heavy atom. The molecule has 7 heteroatoms. The van der Waals surface area contributed by atoms with Crippen molar-refractivity contribution in [3.63, 3.8) is 0 Å². The molecule has 2 N–H and O–H groups in total. The third-order valence-electron chi connectivity index (χ3n) is 5.61. The molecule has 7 nitrogen and oxygen atoms in total. The number of carbonyl (C=O) groups excluding carboxylic acids is 2. The van der Waals surface area contributed by atoms with E-state index in [1.165, 1.54) is 0 Å². The van der Waals surface area contributed by atoms with Crippen LogP contribution in [-0.4, -0.2) is 28.7 Å². The first-order valence-corrected chi connectivity index (χ1v) is 11.4. The summed E-state index contributed by atoms with van der Waals surface area (Å²) in [7, 11) is 1.62. The number of methoxy groups -OCH3 is 1. The van der Waals surface area contributed by atoms with Crippen LogP contribution >= 0.6 is 0 Å². The number of carbonyl (C=O) groups is 2. The zero-order chi connectivity index (χ0) is 24.9. The largest absolute Gasteiger partial charge is 0.497 e. The molecule has 1 heterocycles. The molecule has 0 bridgehead atoms. The van der Waals surface area contributed by atoms with Crippen molar-refractivity contribution in [3.05, 3.63) is 90.1 Å². The minimum absolute atomic E-state index is 0.0862. The lowest BCUT2D eigenvalue weighted by molar-refractivity contribution is -0.118. The summed E-state index contributed by atoms with van der Waals surface area (Å²) in [5.41, 5.74) is 4.89. The Balaban J connectivity index is 1.67. The number of amides is 2. The van der Waals surface area contributed by atoms with Crippen molar-refractivity contribution in [2.24, 2.45) is 5.92 Å². The molecule has 35 heavy (non-hydrogen) atoms. The summed E-state index contributed by atoms with van der Waals surface area (Å²) in [5.74, 6) is 0.173. The average Bonchev–Trinajstić information content (AvgIpc) is 3.32. The molecular formula is C28H28N4O3. The van der Waals surface area contributed by atoms with Gasteiger partial charge >= 0.3 is 0 Å². The second kappa shape index (κ2) is 10.3. The molecule has 1 aromatic heterocycles. The van der Waals surface area contributed by atoms with E-state index in [1.54, 1.807) is 23.9 Å². The summed E-state index contributed by atoms with van der Waals surface area (Å²) in [6, 6.07) is 24.5. The lowest BCUT2D eigenvalue weighted by atomic mass is 10.1. The second-order valence-electron chi connectivity index (χ2n) is 8.52. The molecule has 0 aliphatic rings. The van der Waals surface area contributed by atoms with Crippen molar-refractivity contribution in [2.75, 3.05) is 17.7 Å².